The third-order valence-electron chi connectivity index (χ3n) is 7.50. The summed E-state index contributed by atoms with van der Waals surface area (Å²) in [7, 11) is -4.31. The minimum atomic E-state index is -5.53. The van der Waals surface area contributed by atoms with Gasteiger partial charge in [-0.1, -0.05) is 54.6 Å². The molecule has 0 fully saturated rings. The Hall–Kier alpha value is -4.45. The van der Waals surface area contributed by atoms with Crippen molar-refractivity contribution in [1.29, 1.82) is 0 Å². The zero-order valence-electron chi connectivity index (χ0n) is 24.0. The van der Waals surface area contributed by atoms with Gasteiger partial charge in [0.05, 0.1) is 29.4 Å². The molecule has 0 saturated carbocycles. The molecule has 0 unspecified atom stereocenters. The van der Waals surface area contributed by atoms with Gasteiger partial charge in [0, 0.05) is 21.5 Å². The lowest BCUT2D eigenvalue weighted by molar-refractivity contribution is -0.144. The quantitative estimate of drug-likeness (QED) is 0.134. The van der Waals surface area contributed by atoms with E-state index in [-0.39, 0.29) is 53.3 Å². The maximum atomic E-state index is 15.6. The molecule has 15 heteroatoms. The average molecular weight is 706 g/mol. The van der Waals surface area contributed by atoms with Gasteiger partial charge in [0.15, 0.2) is 7.14 Å². The molecule has 48 heavy (non-hydrogen) atoms. The van der Waals surface area contributed by atoms with Crippen LogP contribution < -0.4 is 20.7 Å². The van der Waals surface area contributed by atoms with Gasteiger partial charge in [-0.05, 0) is 58.8 Å². The summed E-state index contributed by atoms with van der Waals surface area (Å²) in [5, 5.41) is -2.36. The Morgan fingerprint density at radius 2 is 0.938 bits per heavy atom. The second kappa shape index (κ2) is 11.9. The van der Waals surface area contributed by atoms with Gasteiger partial charge < -0.3 is 9.30 Å². The number of benzene rings is 5. The largest absolute Gasteiger partial charge is 0.496 e. The van der Waals surface area contributed by atoms with E-state index in [0.717, 1.165) is 12.1 Å². The van der Waals surface area contributed by atoms with Crippen molar-refractivity contribution in [3.63, 3.8) is 0 Å². The van der Waals surface area contributed by atoms with Gasteiger partial charge in [-0.2, -0.15) is 52.7 Å². The second-order valence-electron chi connectivity index (χ2n) is 10.5. The zero-order valence-corrected chi connectivity index (χ0v) is 24.9. The third-order valence-corrected chi connectivity index (χ3v) is 10.5. The van der Waals surface area contributed by atoms with Crippen molar-refractivity contribution in [2.45, 2.75) is 24.7 Å². The highest BCUT2D eigenvalue weighted by molar-refractivity contribution is 7.85. The molecular weight excluding hydrogens is 687 g/mol. The molecular formula is C33H19F12O2P. The smallest absolute Gasteiger partial charge is 0.416 e. The van der Waals surface area contributed by atoms with Crippen LogP contribution in [0.25, 0.3) is 21.9 Å². The summed E-state index contributed by atoms with van der Waals surface area (Å²) in [6.07, 6.45) is -22.0. The summed E-state index contributed by atoms with van der Waals surface area (Å²) < 4.78 is 189. The Labute approximate surface area is 263 Å². The van der Waals surface area contributed by atoms with Gasteiger partial charge in [-0.15, -0.1) is 0 Å². The maximum absolute atomic E-state index is 15.6. The highest BCUT2D eigenvalue weighted by atomic mass is 31.2. The molecule has 0 atom stereocenters. The fraction of sp³-hybridized carbons (Fsp3) is 0.152. The van der Waals surface area contributed by atoms with Crippen molar-refractivity contribution in [3.05, 3.63) is 119 Å². The van der Waals surface area contributed by atoms with E-state index in [1.807, 2.05) is 0 Å². The zero-order chi connectivity index (χ0) is 35.4. The van der Waals surface area contributed by atoms with Gasteiger partial charge in [0.25, 0.3) is 0 Å². The molecule has 0 aliphatic carbocycles. The Bertz CT molecular complexity index is 1910. The summed E-state index contributed by atoms with van der Waals surface area (Å²) in [5.41, 5.74) is -8.01. The molecule has 0 bridgehead atoms. The predicted molar refractivity (Wildman–Crippen MR) is 155 cm³/mol. The molecule has 5 rings (SSSR count). The number of alkyl halides is 12. The van der Waals surface area contributed by atoms with Crippen molar-refractivity contribution in [3.8, 4) is 16.9 Å². The molecule has 0 heterocycles. The van der Waals surface area contributed by atoms with Crippen LogP contribution in [-0.2, 0) is 29.3 Å². The van der Waals surface area contributed by atoms with Gasteiger partial charge >= 0.3 is 24.7 Å². The fourth-order valence-corrected chi connectivity index (χ4v) is 8.29. The SMILES string of the molecule is COc1ccc2ccccc2c1-c1ccccc1P(=O)(c1cc(C(F)(F)F)cc(C(F)(F)F)c1)c1cc(C(F)(F)F)cc(C(F)(F)F)c1. The van der Waals surface area contributed by atoms with Crippen LogP contribution >= 0.6 is 7.14 Å². The number of ether oxygens (including phenoxy) is 1. The van der Waals surface area contributed by atoms with Crippen LogP contribution in [0.15, 0.2) is 97.1 Å². The van der Waals surface area contributed by atoms with E-state index in [1.54, 1.807) is 30.3 Å². The van der Waals surface area contributed by atoms with Crippen molar-refractivity contribution in [2.24, 2.45) is 0 Å². The molecule has 0 saturated heterocycles. The van der Waals surface area contributed by atoms with Gasteiger partial charge in [-0.3, -0.25) is 0 Å². The van der Waals surface area contributed by atoms with Crippen LogP contribution in [0.3, 0.4) is 0 Å². The normalized spacial score (nSPS) is 13.2. The molecule has 0 N–H and O–H groups in total. The molecule has 0 aliphatic heterocycles. The lowest BCUT2D eigenvalue weighted by Crippen LogP contribution is -2.30. The predicted octanol–water partition coefficient (Wildman–Crippen LogP) is 10.2. The van der Waals surface area contributed by atoms with Crippen LogP contribution in [0, 0.1) is 0 Å². The summed E-state index contributed by atoms with van der Waals surface area (Å²) >= 11 is 0. The Morgan fingerprint density at radius 3 is 1.38 bits per heavy atom. The average Bonchev–Trinajstić information content (AvgIpc) is 3.01. The molecule has 0 spiro atoms. The van der Waals surface area contributed by atoms with Crippen molar-refractivity contribution < 1.29 is 62.0 Å². The number of fused-ring (bicyclic) bond motifs is 1. The first-order chi connectivity index (χ1) is 22.2. The lowest BCUT2D eigenvalue weighted by Gasteiger charge is -2.27. The molecule has 0 aromatic heterocycles. The standard InChI is InChI=1S/C33H19F12O2P/c1-47-27-11-10-18-6-2-3-7-25(18)29(27)26-8-4-5-9-28(26)48(46,23-14-19(30(34,35)36)12-20(15-23)31(37,38)39)24-16-21(32(40,41)42)13-22(17-24)33(43,44)45/h2-17H,1H3. The number of methoxy groups -OCH3 is 1. The summed E-state index contributed by atoms with van der Waals surface area (Å²) in [4.78, 5) is 0. The Morgan fingerprint density at radius 1 is 0.521 bits per heavy atom. The highest BCUT2D eigenvalue weighted by Crippen LogP contribution is 2.51. The van der Waals surface area contributed by atoms with E-state index < -0.39 is 70.0 Å². The molecule has 5 aromatic rings. The molecule has 5 aromatic carbocycles. The highest BCUT2D eigenvalue weighted by Gasteiger charge is 2.44. The van der Waals surface area contributed by atoms with E-state index in [1.165, 1.54) is 25.3 Å². The molecule has 252 valence electrons. The first kappa shape index (κ1) is 34.9. The lowest BCUT2D eigenvalue weighted by atomic mass is 9.97. The first-order valence-corrected chi connectivity index (χ1v) is 15.2. The van der Waals surface area contributed by atoms with Crippen LogP contribution in [0.1, 0.15) is 22.3 Å². The third kappa shape index (κ3) is 6.50. The van der Waals surface area contributed by atoms with E-state index in [2.05, 4.69) is 0 Å². The number of hydrogen-bond acceptors (Lipinski definition) is 2. The molecule has 0 amide bonds. The van der Waals surface area contributed by atoms with Gasteiger partial charge in [0.2, 0.25) is 0 Å². The monoisotopic (exact) mass is 706 g/mol. The van der Waals surface area contributed by atoms with E-state index >= 15 is 4.57 Å². The van der Waals surface area contributed by atoms with Crippen molar-refractivity contribution in [2.75, 3.05) is 7.11 Å². The van der Waals surface area contributed by atoms with Crippen LogP contribution in [-0.4, -0.2) is 7.11 Å². The number of halogens is 12. The van der Waals surface area contributed by atoms with E-state index in [0.29, 0.717) is 10.8 Å². The van der Waals surface area contributed by atoms with E-state index in [4.69, 9.17) is 4.74 Å². The summed E-state index contributed by atoms with van der Waals surface area (Å²) in [6, 6.07) is 13.7. The summed E-state index contributed by atoms with van der Waals surface area (Å²) in [6.45, 7) is 0. The molecule has 0 radical (unpaired) electrons. The second-order valence-corrected chi connectivity index (χ2v) is 13.3. The van der Waals surface area contributed by atoms with Crippen molar-refractivity contribution in [1.82, 2.24) is 0 Å². The minimum absolute atomic E-state index is 0.0423. The van der Waals surface area contributed by atoms with Crippen LogP contribution in [0.5, 0.6) is 5.75 Å². The summed E-state index contributed by atoms with van der Waals surface area (Å²) in [5.74, 6) is 0.0488. The maximum Gasteiger partial charge on any atom is 0.416 e. The fourth-order valence-electron chi connectivity index (χ4n) is 5.33. The number of hydrogen-bond donors (Lipinski definition) is 0. The van der Waals surface area contributed by atoms with Gasteiger partial charge in [0.1, 0.15) is 5.75 Å². The Kier molecular flexibility index (Phi) is 8.65. The number of rotatable bonds is 5. The Balaban J connectivity index is 2.02. The van der Waals surface area contributed by atoms with Gasteiger partial charge in [-0.25, -0.2) is 0 Å². The van der Waals surface area contributed by atoms with Crippen LogP contribution in [0.4, 0.5) is 52.7 Å². The molecule has 2 nitrogen and oxygen atoms in total. The van der Waals surface area contributed by atoms with Crippen molar-refractivity contribution >= 4 is 33.8 Å². The molecule has 0 aliphatic rings. The first-order valence-electron chi connectivity index (χ1n) is 13.5. The minimum Gasteiger partial charge on any atom is -0.496 e. The van der Waals surface area contributed by atoms with E-state index in [9.17, 15) is 52.7 Å². The topological polar surface area (TPSA) is 26.3 Å². The van der Waals surface area contributed by atoms with Crippen LogP contribution in [0.2, 0.25) is 0 Å².